The fourth-order valence-electron chi connectivity index (χ4n) is 1.57. The van der Waals surface area contributed by atoms with Crippen molar-refractivity contribution in [3.63, 3.8) is 0 Å². The van der Waals surface area contributed by atoms with Crippen LogP contribution in [-0.2, 0) is 17.8 Å². The van der Waals surface area contributed by atoms with Gasteiger partial charge in [0.2, 0.25) is 0 Å². The van der Waals surface area contributed by atoms with Gasteiger partial charge in [-0.2, -0.15) is 0 Å². The van der Waals surface area contributed by atoms with Gasteiger partial charge < -0.3 is 9.67 Å². The minimum absolute atomic E-state index is 0.230. The number of aryl methyl sites for hydroxylation is 1. The van der Waals surface area contributed by atoms with Crippen LogP contribution >= 0.6 is 0 Å². The quantitative estimate of drug-likeness (QED) is 0.662. The predicted octanol–water partition coefficient (Wildman–Crippen LogP) is 0.530. The van der Waals surface area contributed by atoms with Crippen molar-refractivity contribution < 1.29 is 9.90 Å². The van der Waals surface area contributed by atoms with Crippen LogP contribution in [0.15, 0.2) is 12.4 Å². The van der Waals surface area contributed by atoms with E-state index in [9.17, 15) is 4.79 Å². The molecule has 0 saturated carbocycles. The fraction of sp³-hybridized carbons (Fsp3) is 0.500. The van der Waals surface area contributed by atoms with E-state index < -0.39 is 5.97 Å². The zero-order valence-corrected chi connectivity index (χ0v) is 6.60. The molecule has 0 radical (unpaired) electrons. The molecule has 1 aliphatic rings. The highest BCUT2D eigenvalue weighted by Gasteiger charge is 2.23. The van der Waals surface area contributed by atoms with Crippen LogP contribution in [0.1, 0.15) is 12.2 Å². The summed E-state index contributed by atoms with van der Waals surface area (Å²) in [6, 6.07) is 0. The lowest BCUT2D eigenvalue weighted by Crippen LogP contribution is -2.26. The molecule has 4 nitrogen and oxygen atoms in total. The van der Waals surface area contributed by atoms with Crippen molar-refractivity contribution in [1.29, 1.82) is 0 Å². The normalized spacial score (nSPS) is 21.8. The van der Waals surface area contributed by atoms with Crippen LogP contribution < -0.4 is 0 Å². The maximum absolute atomic E-state index is 10.7. The van der Waals surface area contributed by atoms with E-state index in [-0.39, 0.29) is 5.92 Å². The van der Waals surface area contributed by atoms with Gasteiger partial charge in [-0.3, -0.25) is 4.79 Å². The molecule has 1 N–H and O–H groups in total. The maximum atomic E-state index is 10.7. The largest absolute Gasteiger partial charge is 0.481 e. The number of nitrogens with zero attached hydrogens (tertiary/aromatic N) is 2. The summed E-state index contributed by atoms with van der Waals surface area (Å²) in [6.07, 6.45) is 5.06. The molecule has 0 saturated heterocycles. The molecule has 0 bridgehead atoms. The van der Waals surface area contributed by atoms with Crippen LogP contribution in [0, 0.1) is 5.92 Å². The molecular weight excluding hydrogens is 156 g/mol. The summed E-state index contributed by atoms with van der Waals surface area (Å²) in [5, 5.41) is 8.77. The van der Waals surface area contributed by atoms with Gasteiger partial charge >= 0.3 is 5.97 Å². The molecule has 1 aliphatic heterocycles. The molecule has 64 valence electrons. The molecule has 0 spiro atoms. The molecule has 0 unspecified atom stereocenters. The van der Waals surface area contributed by atoms with E-state index in [1.54, 1.807) is 6.20 Å². The van der Waals surface area contributed by atoms with Gasteiger partial charge in [-0.05, 0) is 6.42 Å². The van der Waals surface area contributed by atoms with Gasteiger partial charge in [-0.15, -0.1) is 0 Å². The van der Waals surface area contributed by atoms with E-state index in [0.29, 0.717) is 13.0 Å². The number of hydrogen-bond acceptors (Lipinski definition) is 2. The summed E-state index contributed by atoms with van der Waals surface area (Å²) in [6.45, 7) is 0.574. The fourth-order valence-corrected chi connectivity index (χ4v) is 1.57. The first kappa shape index (κ1) is 7.34. The molecule has 1 atom stereocenters. The molecule has 1 aromatic heterocycles. The van der Waals surface area contributed by atoms with E-state index in [0.717, 1.165) is 12.2 Å². The lowest BCUT2D eigenvalue weighted by Gasteiger charge is -2.19. The predicted molar refractivity (Wildman–Crippen MR) is 41.7 cm³/mol. The molecule has 0 aromatic carbocycles. The molecule has 0 aliphatic carbocycles. The Morgan fingerprint density at radius 1 is 1.75 bits per heavy atom. The zero-order chi connectivity index (χ0) is 8.55. The molecule has 1 aromatic rings. The summed E-state index contributed by atoms with van der Waals surface area (Å²) in [5.41, 5.74) is 0. The average molecular weight is 166 g/mol. The SMILES string of the molecule is O=C(O)[C@H]1CCc2nccn2C1. The second-order valence-corrected chi connectivity index (χ2v) is 3.07. The van der Waals surface area contributed by atoms with Crippen LogP contribution in [0.2, 0.25) is 0 Å². The number of carboxylic acids is 1. The van der Waals surface area contributed by atoms with Gasteiger partial charge in [0.1, 0.15) is 5.82 Å². The van der Waals surface area contributed by atoms with E-state index in [2.05, 4.69) is 4.98 Å². The third-order valence-corrected chi connectivity index (χ3v) is 2.28. The molecule has 2 rings (SSSR count). The first-order valence-electron chi connectivity index (χ1n) is 4.00. The number of fused-ring (bicyclic) bond motifs is 1. The van der Waals surface area contributed by atoms with Crippen LogP contribution in [0.25, 0.3) is 0 Å². The van der Waals surface area contributed by atoms with Gasteiger partial charge in [-0.1, -0.05) is 0 Å². The first-order chi connectivity index (χ1) is 5.77. The molecule has 12 heavy (non-hydrogen) atoms. The van der Waals surface area contributed by atoms with Crippen molar-refractivity contribution in [3.8, 4) is 0 Å². The minimum atomic E-state index is -0.700. The van der Waals surface area contributed by atoms with Crippen molar-refractivity contribution in [2.45, 2.75) is 19.4 Å². The highest BCUT2D eigenvalue weighted by molar-refractivity contribution is 5.70. The van der Waals surface area contributed by atoms with Crippen molar-refractivity contribution >= 4 is 5.97 Å². The number of hydrogen-bond donors (Lipinski definition) is 1. The standard InChI is InChI=1S/C8H10N2O2/c11-8(12)6-1-2-7-9-3-4-10(7)5-6/h3-4,6H,1-2,5H2,(H,11,12)/t6-/m0/s1. The van der Waals surface area contributed by atoms with Crippen molar-refractivity contribution in [2.75, 3.05) is 0 Å². The Hall–Kier alpha value is -1.32. The Bertz CT molecular complexity index is 306. The molecular formula is C8H10N2O2. The molecule has 4 heteroatoms. The number of aromatic nitrogens is 2. The molecule has 0 amide bonds. The summed E-state index contributed by atoms with van der Waals surface area (Å²) in [4.78, 5) is 14.8. The number of carbonyl (C=O) groups is 1. The maximum Gasteiger partial charge on any atom is 0.308 e. The highest BCUT2D eigenvalue weighted by Crippen LogP contribution is 2.18. The van der Waals surface area contributed by atoms with Crippen molar-refractivity contribution in [1.82, 2.24) is 9.55 Å². The Morgan fingerprint density at radius 2 is 2.58 bits per heavy atom. The van der Waals surface area contributed by atoms with Crippen LogP contribution in [0.4, 0.5) is 0 Å². The van der Waals surface area contributed by atoms with Crippen LogP contribution in [-0.4, -0.2) is 20.6 Å². The lowest BCUT2D eigenvalue weighted by molar-refractivity contribution is -0.142. The first-order valence-corrected chi connectivity index (χ1v) is 4.00. The van der Waals surface area contributed by atoms with Gasteiger partial charge in [-0.25, -0.2) is 4.98 Å². The third kappa shape index (κ3) is 1.09. The highest BCUT2D eigenvalue weighted by atomic mass is 16.4. The number of rotatable bonds is 1. The second-order valence-electron chi connectivity index (χ2n) is 3.07. The van der Waals surface area contributed by atoms with Crippen molar-refractivity contribution in [3.05, 3.63) is 18.2 Å². The number of aliphatic carboxylic acids is 1. The molecule has 0 fully saturated rings. The van der Waals surface area contributed by atoms with E-state index in [1.165, 1.54) is 0 Å². The number of carboxylic acid groups (broad SMARTS) is 1. The monoisotopic (exact) mass is 166 g/mol. The Morgan fingerprint density at radius 3 is 3.33 bits per heavy atom. The number of imidazole rings is 1. The Labute approximate surface area is 69.8 Å². The van der Waals surface area contributed by atoms with E-state index >= 15 is 0 Å². The van der Waals surface area contributed by atoms with E-state index in [4.69, 9.17) is 5.11 Å². The summed E-state index contributed by atoms with van der Waals surface area (Å²) >= 11 is 0. The van der Waals surface area contributed by atoms with Crippen molar-refractivity contribution in [2.24, 2.45) is 5.92 Å². The van der Waals surface area contributed by atoms with Crippen LogP contribution in [0.3, 0.4) is 0 Å². The van der Waals surface area contributed by atoms with Gasteiger partial charge in [0, 0.05) is 25.4 Å². The zero-order valence-electron chi connectivity index (χ0n) is 6.60. The summed E-state index contributed by atoms with van der Waals surface area (Å²) in [7, 11) is 0. The second kappa shape index (κ2) is 2.62. The Kier molecular flexibility index (Phi) is 1.60. The lowest BCUT2D eigenvalue weighted by atomic mass is 10.00. The van der Waals surface area contributed by atoms with E-state index in [1.807, 2.05) is 10.8 Å². The molecule has 2 heterocycles. The summed E-state index contributed by atoms with van der Waals surface area (Å²) in [5.74, 6) is 0.0774. The van der Waals surface area contributed by atoms with Gasteiger partial charge in [0.05, 0.1) is 5.92 Å². The smallest absolute Gasteiger partial charge is 0.308 e. The third-order valence-electron chi connectivity index (χ3n) is 2.28. The topological polar surface area (TPSA) is 55.1 Å². The van der Waals surface area contributed by atoms with Gasteiger partial charge in [0.25, 0.3) is 0 Å². The van der Waals surface area contributed by atoms with Gasteiger partial charge in [0.15, 0.2) is 0 Å². The minimum Gasteiger partial charge on any atom is -0.481 e. The summed E-state index contributed by atoms with van der Waals surface area (Å²) < 4.78 is 1.92. The van der Waals surface area contributed by atoms with Crippen LogP contribution in [0.5, 0.6) is 0 Å². The Balaban J connectivity index is 2.20. The average Bonchev–Trinajstić information content (AvgIpc) is 2.49.